The summed E-state index contributed by atoms with van der Waals surface area (Å²) in [5.74, 6) is 0.245. The fourth-order valence-electron chi connectivity index (χ4n) is 0.916. The Bertz CT molecular complexity index is 322. The number of hydrogen-bond acceptors (Lipinski definition) is 3. The summed E-state index contributed by atoms with van der Waals surface area (Å²) in [7, 11) is 0. The average molecular weight is 236 g/mol. The first-order valence-corrected chi connectivity index (χ1v) is 5.49. The summed E-state index contributed by atoms with van der Waals surface area (Å²) in [4.78, 5) is 0.667. The van der Waals surface area contributed by atoms with Crippen LogP contribution in [-0.4, -0.2) is 17.5 Å². The molecule has 0 aliphatic carbocycles. The van der Waals surface area contributed by atoms with Crippen molar-refractivity contribution in [2.45, 2.75) is 11.3 Å². The highest BCUT2D eigenvalue weighted by Crippen LogP contribution is 2.30. The first kappa shape index (κ1) is 11.6. The second-order valence-electron chi connectivity index (χ2n) is 2.73. The Morgan fingerprint density at radius 3 is 2.86 bits per heavy atom. The predicted octanol–water partition coefficient (Wildman–Crippen LogP) is 2.54. The van der Waals surface area contributed by atoms with Gasteiger partial charge in [-0.15, -0.1) is 11.8 Å². The number of hydrogen-bond donors (Lipinski definition) is 2. The molecule has 0 atom stereocenters. The fraction of sp³-hybridized carbons (Fsp3) is 0.333. The van der Waals surface area contributed by atoms with E-state index < -0.39 is 5.82 Å². The van der Waals surface area contributed by atoms with Gasteiger partial charge in [0.1, 0.15) is 5.82 Å². The maximum atomic E-state index is 13.0. The monoisotopic (exact) mass is 235 g/mol. The van der Waals surface area contributed by atoms with Crippen molar-refractivity contribution >= 4 is 29.1 Å². The van der Waals surface area contributed by atoms with Crippen LogP contribution in [0.3, 0.4) is 0 Å². The average Bonchev–Trinajstić information content (AvgIpc) is 2.14. The molecule has 0 saturated heterocycles. The van der Waals surface area contributed by atoms with Crippen LogP contribution in [0, 0.1) is 5.82 Å². The van der Waals surface area contributed by atoms with Crippen molar-refractivity contribution in [2.24, 2.45) is 0 Å². The molecule has 1 aromatic carbocycles. The van der Waals surface area contributed by atoms with E-state index in [4.69, 9.17) is 22.4 Å². The van der Waals surface area contributed by atoms with Gasteiger partial charge < -0.3 is 10.8 Å². The van der Waals surface area contributed by atoms with Crippen LogP contribution < -0.4 is 5.73 Å². The molecule has 0 fully saturated rings. The van der Waals surface area contributed by atoms with E-state index in [1.807, 2.05) is 0 Å². The van der Waals surface area contributed by atoms with Gasteiger partial charge in [0, 0.05) is 22.9 Å². The largest absolute Gasteiger partial charge is 0.398 e. The summed E-state index contributed by atoms with van der Waals surface area (Å²) in [6.45, 7) is 0.128. The topological polar surface area (TPSA) is 46.2 Å². The van der Waals surface area contributed by atoms with E-state index >= 15 is 0 Å². The second kappa shape index (κ2) is 5.44. The molecule has 0 spiro atoms. The fourth-order valence-corrected chi connectivity index (χ4v) is 1.99. The van der Waals surface area contributed by atoms with Crippen molar-refractivity contribution in [2.75, 3.05) is 18.1 Å². The molecule has 0 bridgehead atoms. The van der Waals surface area contributed by atoms with Crippen molar-refractivity contribution in [3.05, 3.63) is 23.0 Å². The summed E-state index contributed by atoms with van der Waals surface area (Å²) in [6.07, 6.45) is 0.661. The lowest BCUT2D eigenvalue weighted by molar-refractivity contribution is 0.296. The van der Waals surface area contributed by atoms with E-state index in [1.54, 1.807) is 0 Å². The Hall–Kier alpha value is -0.450. The minimum Gasteiger partial charge on any atom is -0.398 e. The molecule has 0 radical (unpaired) electrons. The lowest BCUT2D eigenvalue weighted by atomic mass is 10.3. The number of benzene rings is 1. The number of rotatable bonds is 4. The number of anilines is 1. The molecular weight excluding hydrogens is 225 g/mol. The summed E-state index contributed by atoms with van der Waals surface area (Å²) in [5, 5.41) is 8.61. The molecule has 1 rings (SSSR count). The van der Waals surface area contributed by atoms with Gasteiger partial charge in [0.05, 0.1) is 5.02 Å². The van der Waals surface area contributed by atoms with Gasteiger partial charge in [-0.3, -0.25) is 0 Å². The quantitative estimate of drug-likeness (QED) is 0.479. The maximum absolute atomic E-state index is 13.0. The molecule has 3 N–H and O–H groups in total. The van der Waals surface area contributed by atoms with Crippen LogP contribution in [0.4, 0.5) is 10.1 Å². The Kier molecular flexibility index (Phi) is 4.51. The molecule has 0 aliphatic rings. The molecule has 0 amide bonds. The van der Waals surface area contributed by atoms with E-state index in [0.29, 0.717) is 22.8 Å². The Balaban J connectivity index is 2.72. The molecule has 0 heterocycles. The standard InChI is InChI=1S/C9H11ClFNOS/c10-6-4-8(12)9(5-7(6)11)14-3-1-2-13/h4-5,13H,1-3,12H2. The van der Waals surface area contributed by atoms with Gasteiger partial charge in [-0.2, -0.15) is 0 Å². The van der Waals surface area contributed by atoms with E-state index in [1.165, 1.54) is 23.9 Å². The highest BCUT2D eigenvalue weighted by atomic mass is 35.5. The third-order valence-corrected chi connectivity index (χ3v) is 3.06. The van der Waals surface area contributed by atoms with Crippen molar-refractivity contribution in [3.8, 4) is 0 Å². The lowest BCUT2D eigenvalue weighted by Crippen LogP contribution is -1.92. The number of nitrogens with two attached hydrogens (primary N) is 1. The van der Waals surface area contributed by atoms with Crippen LogP contribution >= 0.6 is 23.4 Å². The molecule has 1 aromatic rings. The van der Waals surface area contributed by atoms with Crippen LogP contribution in [0.1, 0.15) is 6.42 Å². The molecule has 0 aromatic heterocycles. The molecule has 0 aliphatic heterocycles. The molecule has 78 valence electrons. The first-order chi connectivity index (χ1) is 6.65. The van der Waals surface area contributed by atoms with Crippen molar-refractivity contribution in [3.63, 3.8) is 0 Å². The minimum atomic E-state index is -0.465. The zero-order valence-corrected chi connectivity index (χ0v) is 9.04. The smallest absolute Gasteiger partial charge is 0.143 e. The summed E-state index contributed by atoms with van der Waals surface area (Å²) in [5.41, 5.74) is 6.11. The first-order valence-electron chi connectivity index (χ1n) is 4.13. The SMILES string of the molecule is Nc1cc(Cl)c(F)cc1SCCCO. The summed E-state index contributed by atoms with van der Waals surface area (Å²) >= 11 is 6.95. The summed E-state index contributed by atoms with van der Waals surface area (Å²) in [6, 6.07) is 2.72. The highest BCUT2D eigenvalue weighted by Gasteiger charge is 2.06. The van der Waals surface area contributed by atoms with Gasteiger partial charge in [-0.1, -0.05) is 11.6 Å². The van der Waals surface area contributed by atoms with Crippen LogP contribution in [0.2, 0.25) is 5.02 Å². The molecule has 5 heteroatoms. The molecule has 0 saturated carbocycles. The zero-order chi connectivity index (χ0) is 10.6. The minimum absolute atomic E-state index is 0.0361. The Morgan fingerprint density at radius 2 is 2.21 bits per heavy atom. The highest BCUT2D eigenvalue weighted by molar-refractivity contribution is 7.99. The Morgan fingerprint density at radius 1 is 1.50 bits per heavy atom. The van der Waals surface area contributed by atoms with Gasteiger partial charge >= 0.3 is 0 Å². The summed E-state index contributed by atoms with van der Waals surface area (Å²) < 4.78 is 13.0. The van der Waals surface area contributed by atoms with Crippen molar-refractivity contribution in [1.82, 2.24) is 0 Å². The van der Waals surface area contributed by atoms with Crippen molar-refractivity contribution < 1.29 is 9.50 Å². The predicted molar refractivity (Wildman–Crippen MR) is 58.2 cm³/mol. The van der Waals surface area contributed by atoms with E-state index in [9.17, 15) is 4.39 Å². The van der Waals surface area contributed by atoms with E-state index in [0.717, 1.165) is 0 Å². The molecule has 2 nitrogen and oxygen atoms in total. The number of nitrogen functional groups attached to an aromatic ring is 1. The number of halogens is 2. The van der Waals surface area contributed by atoms with Crippen LogP contribution in [0.15, 0.2) is 17.0 Å². The van der Waals surface area contributed by atoms with E-state index in [2.05, 4.69) is 0 Å². The van der Waals surface area contributed by atoms with Crippen LogP contribution in [0.5, 0.6) is 0 Å². The number of aliphatic hydroxyl groups is 1. The van der Waals surface area contributed by atoms with E-state index in [-0.39, 0.29) is 11.6 Å². The van der Waals surface area contributed by atoms with Gasteiger partial charge in [-0.25, -0.2) is 4.39 Å². The van der Waals surface area contributed by atoms with Gasteiger partial charge in [-0.05, 0) is 18.6 Å². The Labute approximate surface area is 91.3 Å². The number of aliphatic hydroxyl groups excluding tert-OH is 1. The van der Waals surface area contributed by atoms with Gasteiger partial charge in [0.2, 0.25) is 0 Å². The second-order valence-corrected chi connectivity index (χ2v) is 4.27. The zero-order valence-electron chi connectivity index (χ0n) is 7.46. The van der Waals surface area contributed by atoms with Crippen LogP contribution in [-0.2, 0) is 0 Å². The molecule has 0 unspecified atom stereocenters. The third kappa shape index (κ3) is 3.04. The third-order valence-electron chi connectivity index (χ3n) is 1.61. The maximum Gasteiger partial charge on any atom is 0.143 e. The van der Waals surface area contributed by atoms with Crippen molar-refractivity contribution in [1.29, 1.82) is 0 Å². The normalized spacial score (nSPS) is 10.5. The van der Waals surface area contributed by atoms with Crippen LogP contribution in [0.25, 0.3) is 0 Å². The molecular formula is C9H11ClFNOS. The molecule has 14 heavy (non-hydrogen) atoms. The van der Waals surface area contributed by atoms with Gasteiger partial charge in [0.25, 0.3) is 0 Å². The lowest BCUT2D eigenvalue weighted by Gasteiger charge is -2.05. The van der Waals surface area contributed by atoms with Gasteiger partial charge in [0.15, 0.2) is 0 Å². The number of thioether (sulfide) groups is 1.